The number of nitrogens with one attached hydrogen (secondary N) is 2. The Hall–Kier alpha value is -0.610. The maximum absolute atomic E-state index is 11.7. The zero-order valence-electron chi connectivity index (χ0n) is 11.3. The molecule has 4 heteroatoms. The standard InChI is InChI=1S/C13H26N2O2/c1-10(2)7-13(3,17)9-15-12(16)6-11-4-5-14-8-11/h10-11,14,17H,4-9H2,1-3H3,(H,15,16). The number of amides is 1. The zero-order chi connectivity index (χ0) is 12.9. The third-order valence-corrected chi connectivity index (χ3v) is 3.15. The molecule has 3 N–H and O–H groups in total. The van der Waals surface area contributed by atoms with Crippen molar-refractivity contribution in [1.82, 2.24) is 10.6 Å². The Morgan fingerprint density at radius 1 is 1.59 bits per heavy atom. The lowest BCUT2D eigenvalue weighted by Crippen LogP contribution is -2.42. The second kappa shape index (κ2) is 6.36. The number of rotatable bonds is 6. The van der Waals surface area contributed by atoms with Gasteiger partial charge in [-0.05, 0) is 44.7 Å². The molecule has 2 unspecified atom stereocenters. The van der Waals surface area contributed by atoms with E-state index in [1.807, 2.05) is 0 Å². The number of hydrogen-bond acceptors (Lipinski definition) is 3. The SMILES string of the molecule is CC(C)CC(C)(O)CNC(=O)CC1CCNC1. The lowest BCUT2D eigenvalue weighted by molar-refractivity contribution is -0.123. The minimum absolute atomic E-state index is 0.0581. The average molecular weight is 242 g/mol. The number of hydrogen-bond donors (Lipinski definition) is 3. The van der Waals surface area contributed by atoms with Gasteiger partial charge in [-0.1, -0.05) is 13.8 Å². The van der Waals surface area contributed by atoms with Crippen LogP contribution in [0.4, 0.5) is 0 Å². The predicted octanol–water partition coefficient (Wildman–Crippen LogP) is 0.899. The Bertz CT molecular complexity index is 246. The van der Waals surface area contributed by atoms with E-state index >= 15 is 0 Å². The molecule has 0 bridgehead atoms. The highest BCUT2D eigenvalue weighted by molar-refractivity contribution is 5.76. The highest BCUT2D eigenvalue weighted by atomic mass is 16.3. The van der Waals surface area contributed by atoms with Crippen LogP contribution in [-0.2, 0) is 4.79 Å². The van der Waals surface area contributed by atoms with Gasteiger partial charge in [0, 0.05) is 13.0 Å². The van der Waals surface area contributed by atoms with Crippen LogP contribution in [0.1, 0.15) is 40.0 Å². The van der Waals surface area contributed by atoms with Gasteiger partial charge >= 0.3 is 0 Å². The molecule has 0 aromatic rings. The van der Waals surface area contributed by atoms with Crippen molar-refractivity contribution in [2.75, 3.05) is 19.6 Å². The molecule has 1 saturated heterocycles. The second-order valence-electron chi connectivity index (χ2n) is 5.93. The van der Waals surface area contributed by atoms with Gasteiger partial charge in [-0.15, -0.1) is 0 Å². The molecule has 1 fully saturated rings. The molecule has 0 radical (unpaired) electrons. The first-order valence-corrected chi connectivity index (χ1v) is 6.59. The summed E-state index contributed by atoms with van der Waals surface area (Å²) in [5.74, 6) is 0.953. The summed E-state index contributed by atoms with van der Waals surface area (Å²) in [6, 6.07) is 0. The minimum Gasteiger partial charge on any atom is -0.388 e. The summed E-state index contributed by atoms with van der Waals surface area (Å²) >= 11 is 0. The van der Waals surface area contributed by atoms with Crippen molar-refractivity contribution in [2.45, 2.75) is 45.6 Å². The molecule has 2 atom stereocenters. The molecule has 4 nitrogen and oxygen atoms in total. The van der Waals surface area contributed by atoms with Crippen LogP contribution < -0.4 is 10.6 Å². The lowest BCUT2D eigenvalue weighted by Gasteiger charge is -2.25. The fourth-order valence-electron chi connectivity index (χ4n) is 2.46. The van der Waals surface area contributed by atoms with Crippen molar-refractivity contribution in [1.29, 1.82) is 0 Å². The fraction of sp³-hybridized carbons (Fsp3) is 0.923. The molecule has 1 heterocycles. The van der Waals surface area contributed by atoms with E-state index in [0.29, 0.717) is 31.2 Å². The van der Waals surface area contributed by atoms with E-state index in [1.165, 1.54) is 0 Å². The Labute approximate surface area is 104 Å². The first kappa shape index (κ1) is 14.5. The maximum Gasteiger partial charge on any atom is 0.220 e. The van der Waals surface area contributed by atoms with Gasteiger partial charge in [0.2, 0.25) is 5.91 Å². The molecule has 17 heavy (non-hydrogen) atoms. The molecule has 1 rings (SSSR count). The molecule has 0 saturated carbocycles. The van der Waals surface area contributed by atoms with E-state index in [1.54, 1.807) is 6.92 Å². The topological polar surface area (TPSA) is 61.4 Å². The van der Waals surface area contributed by atoms with E-state index < -0.39 is 5.60 Å². The van der Waals surface area contributed by atoms with Crippen LogP contribution in [0, 0.1) is 11.8 Å². The first-order valence-electron chi connectivity index (χ1n) is 6.59. The third-order valence-electron chi connectivity index (χ3n) is 3.15. The molecule has 0 aromatic carbocycles. The van der Waals surface area contributed by atoms with Gasteiger partial charge in [0.25, 0.3) is 0 Å². The highest BCUT2D eigenvalue weighted by Crippen LogP contribution is 2.16. The first-order chi connectivity index (χ1) is 7.89. The maximum atomic E-state index is 11.7. The van der Waals surface area contributed by atoms with Gasteiger partial charge in [-0.2, -0.15) is 0 Å². The van der Waals surface area contributed by atoms with Crippen molar-refractivity contribution < 1.29 is 9.90 Å². The monoisotopic (exact) mass is 242 g/mol. The van der Waals surface area contributed by atoms with Crippen LogP contribution >= 0.6 is 0 Å². The van der Waals surface area contributed by atoms with Gasteiger partial charge in [0.05, 0.1) is 5.60 Å². The predicted molar refractivity (Wildman–Crippen MR) is 68.7 cm³/mol. The number of carbonyl (C=O) groups excluding carboxylic acids is 1. The summed E-state index contributed by atoms with van der Waals surface area (Å²) in [5, 5.41) is 16.2. The summed E-state index contributed by atoms with van der Waals surface area (Å²) in [4.78, 5) is 11.7. The quantitative estimate of drug-likeness (QED) is 0.648. The van der Waals surface area contributed by atoms with Crippen molar-refractivity contribution in [3.8, 4) is 0 Å². The van der Waals surface area contributed by atoms with E-state index in [-0.39, 0.29) is 5.91 Å². The number of carbonyl (C=O) groups is 1. The number of aliphatic hydroxyl groups is 1. The molecule has 1 amide bonds. The minimum atomic E-state index is -0.794. The molecule has 0 spiro atoms. The summed E-state index contributed by atoms with van der Waals surface area (Å²) in [6.07, 6.45) is 2.36. The van der Waals surface area contributed by atoms with Crippen LogP contribution in [0.15, 0.2) is 0 Å². The summed E-state index contributed by atoms with van der Waals surface area (Å²) in [6.45, 7) is 8.23. The smallest absolute Gasteiger partial charge is 0.220 e. The third kappa shape index (κ3) is 6.03. The van der Waals surface area contributed by atoms with Crippen LogP contribution in [-0.4, -0.2) is 36.2 Å². The Morgan fingerprint density at radius 2 is 2.29 bits per heavy atom. The fourth-order valence-corrected chi connectivity index (χ4v) is 2.46. The Kier molecular flexibility index (Phi) is 5.40. The molecular formula is C13H26N2O2. The molecule has 100 valence electrons. The average Bonchev–Trinajstić information content (AvgIpc) is 2.65. The molecule has 1 aliphatic heterocycles. The van der Waals surface area contributed by atoms with Crippen molar-refractivity contribution >= 4 is 5.91 Å². The van der Waals surface area contributed by atoms with Crippen LogP contribution in [0.3, 0.4) is 0 Å². The van der Waals surface area contributed by atoms with Crippen LogP contribution in [0.2, 0.25) is 0 Å². The molecule has 0 aromatic heterocycles. The van der Waals surface area contributed by atoms with E-state index in [9.17, 15) is 9.90 Å². The highest BCUT2D eigenvalue weighted by Gasteiger charge is 2.24. The van der Waals surface area contributed by atoms with E-state index in [4.69, 9.17) is 0 Å². The van der Waals surface area contributed by atoms with Gasteiger partial charge in [0.15, 0.2) is 0 Å². The second-order valence-corrected chi connectivity index (χ2v) is 5.93. The van der Waals surface area contributed by atoms with Crippen molar-refractivity contribution in [3.63, 3.8) is 0 Å². The zero-order valence-corrected chi connectivity index (χ0v) is 11.3. The van der Waals surface area contributed by atoms with Crippen molar-refractivity contribution in [3.05, 3.63) is 0 Å². The summed E-state index contributed by atoms with van der Waals surface area (Å²) in [5.41, 5.74) is -0.794. The van der Waals surface area contributed by atoms with Gasteiger partial charge in [-0.25, -0.2) is 0 Å². The van der Waals surface area contributed by atoms with E-state index in [2.05, 4.69) is 24.5 Å². The van der Waals surface area contributed by atoms with E-state index in [0.717, 1.165) is 19.5 Å². The van der Waals surface area contributed by atoms with Gasteiger partial charge in [0.1, 0.15) is 0 Å². The summed E-state index contributed by atoms with van der Waals surface area (Å²) < 4.78 is 0. The van der Waals surface area contributed by atoms with Crippen LogP contribution in [0.5, 0.6) is 0 Å². The van der Waals surface area contributed by atoms with Crippen LogP contribution in [0.25, 0.3) is 0 Å². The normalized spacial score (nSPS) is 23.7. The Balaban J connectivity index is 2.22. The van der Waals surface area contributed by atoms with Crippen molar-refractivity contribution in [2.24, 2.45) is 11.8 Å². The Morgan fingerprint density at radius 3 is 2.82 bits per heavy atom. The lowest BCUT2D eigenvalue weighted by atomic mass is 9.94. The molecule has 1 aliphatic rings. The molecule has 0 aliphatic carbocycles. The molecular weight excluding hydrogens is 216 g/mol. The summed E-state index contributed by atoms with van der Waals surface area (Å²) in [7, 11) is 0. The largest absolute Gasteiger partial charge is 0.388 e. The van der Waals surface area contributed by atoms with Gasteiger partial charge < -0.3 is 15.7 Å². The van der Waals surface area contributed by atoms with Gasteiger partial charge in [-0.3, -0.25) is 4.79 Å².